The standard InChI is InChI=1S/C14H8F2N2O3/c15-8-3-7(4-9(16)5-8)13(19)17-10-1-2-12-11(6-10)18-14(20)21-12/h1-6H,(H,17,19)(H,18,20). The second-order valence-electron chi connectivity index (χ2n) is 4.34. The largest absolute Gasteiger partial charge is 0.417 e. The van der Waals surface area contributed by atoms with Crippen molar-refractivity contribution in [1.82, 2.24) is 4.98 Å². The fourth-order valence-electron chi connectivity index (χ4n) is 1.92. The molecule has 5 nitrogen and oxygen atoms in total. The zero-order chi connectivity index (χ0) is 15.0. The first-order valence-electron chi connectivity index (χ1n) is 5.91. The number of nitrogens with one attached hydrogen (secondary N) is 2. The Balaban J connectivity index is 1.90. The van der Waals surface area contributed by atoms with Gasteiger partial charge in [-0.05, 0) is 30.3 Å². The molecule has 3 rings (SSSR count). The highest BCUT2D eigenvalue weighted by Gasteiger charge is 2.10. The normalized spacial score (nSPS) is 10.8. The highest BCUT2D eigenvalue weighted by molar-refractivity contribution is 6.04. The second kappa shape index (κ2) is 4.86. The van der Waals surface area contributed by atoms with Crippen molar-refractivity contribution in [3.63, 3.8) is 0 Å². The van der Waals surface area contributed by atoms with Gasteiger partial charge >= 0.3 is 5.76 Å². The van der Waals surface area contributed by atoms with Crippen LogP contribution < -0.4 is 11.1 Å². The van der Waals surface area contributed by atoms with E-state index in [0.29, 0.717) is 22.9 Å². The summed E-state index contributed by atoms with van der Waals surface area (Å²) in [6.45, 7) is 0. The van der Waals surface area contributed by atoms with Crippen LogP contribution in [0.2, 0.25) is 0 Å². The van der Waals surface area contributed by atoms with Gasteiger partial charge in [0.05, 0.1) is 5.52 Å². The van der Waals surface area contributed by atoms with E-state index in [1.807, 2.05) is 0 Å². The molecule has 2 N–H and O–H groups in total. The lowest BCUT2D eigenvalue weighted by molar-refractivity contribution is 0.102. The number of aromatic nitrogens is 1. The molecule has 0 unspecified atom stereocenters. The van der Waals surface area contributed by atoms with E-state index in [2.05, 4.69) is 10.3 Å². The van der Waals surface area contributed by atoms with Gasteiger partial charge in [0.15, 0.2) is 5.58 Å². The fraction of sp³-hybridized carbons (Fsp3) is 0. The molecule has 0 fully saturated rings. The number of amides is 1. The first-order chi connectivity index (χ1) is 10.0. The van der Waals surface area contributed by atoms with Crippen molar-refractivity contribution in [1.29, 1.82) is 0 Å². The smallest absolute Gasteiger partial charge is 0.408 e. The molecule has 0 aliphatic carbocycles. The minimum atomic E-state index is -0.838. The third kappa shape index (κ3) is 2.66. The number of aromatic amines is 1. The molecule has 2 aromatic carbocycles. The van der Waals surface area contributed by atoms with E-state index < -0.39 is 23.3 Å². The average molecular weight is 290 g/mol. The van der Waals surface area contributed by atoms with Gasteiger partial charge in [-0.15, -0.1) is 0 Å². The van der Waals surface area contributed by atoms with Gasteiger partial charge in [-0.25, -0.2) is 13.6 Å². The summed E-state index contributed by atoms with van der Waals surface area (Å²) in [4.78, 5) is 25.4. The zero-order valence-electron chi connectivity index (χ0n) is 10.4. The Labute approximate surface area is 116 Å². The van der Waals surface area contributed by atoms with E-state index in [4.69, 9.17) is 4.42 Å². The lowest BCUT2D eigenvalue weighted by atomic mass is 10.2. The number of H-pyrrole nitrogens is 1. The zero-order valence-corrected chi connectivity index (χ0v) is 10.4. The van der Waals surface area contributed by atoms with Crippen molar-refractivity contribution in [3.05, 3.63) is 64.1 Å². The molecule has 0 atom stereocenters. The number of carbonyl (C=O) groups excluding carboxylic acids is 1. The van der Waals surface area contributed by atoms with Crippen molar-refractivity contribution in [2.45, 2.75) is 0 Å². The number of carbonyl (C=O) groups is 1. The van der Waals surface area contributed by atoms with Gasteiger partial charge in [-0.2, -0.15) is 0 Å². The maximum absolute atomic E-state index is 13.1. The Kier molecular flexibility index (Phi) is 3.02. The summed E-state index contributed by atoms with van der Waals surface area (Å²) >= 11 is 0. The summed E-state index contributed by atoms with van der Waals surface area (Å²) in [6.07, 6.45) is 0. The Morgan fingerprint density at radius 3 is 2.52 bits per heavy atom. The van der Waals surface area contributed by atoms with E-state index in [1.165, 1.54) is 18.2 Å². The quantitative estimate of drug-likeness (QED) is 0.762. The van der Waals surface area contributed by atoms with Gasteiger partial charge in [0.1, 0.15) is 11.6 Å². The van der Waals surface area contributed by atoms with Crippen LogP contribution in [-0.2, 0) is 0 Å². The highest BCUT2D eigenvalue weighted by Crippen LogP contribution is 2.17. The lowest BCUT2D eigenvalue weighted by Gasteiger charge is -2.05. The third-order valence-electron chi connectivity index (χ3n) is 2.80. The van der Waals surface area contributed by atoms with Crippen LogP contribution in [0.1, 0.15) is 10.4 Å². The first-order valence-corrected chi connectivity index (χ1v) is 5.91. The Morgan fingerprint density at radius 2 is 1.81 bits per heavy atom. The predicted octanol–water partition coefficient (Wildman–Crippen LogP) is 2.65. The van der Waals surface area contributed by atoms with Crippen molar-refractivity contribution >= 4 is 22.7 Å². The molecule has 3 aromatic rings. The Bertz CT molecular complexity index is 878. The third-order valence-corrected chi connectivity index (χ3v) is 2.80. The van der Waals surface area contributed by atoms with Gasteiger partial charge in [0.2, 0.25) is 0 Å². The van der Waals surface area contributed by atoms with Crippen LogP contribution in [0.5, 0.6) is 0 Å². The molecule has 106 valence electrons. The number of rotatable bonds is 2. The summed E-state index contributed by atoms with van der Waals surface area (Å²) in [5, 5.41) is 2.48. The highest BCUT2D eigenvalue weighted by atomic mass is 19.1. The maximum atomic E-state index is 13.1. The monoisotopic (exact) mass is 290 g/mol. The first kappa shape index (κ1) is 13.0. The molecule has 0 aliphatic rings. The van der Waals surface area contributed by atoms with E-state index in [-0.39, 0.29) is 5.56 Å². The SMILES string of the molecule is O=C(Nc1ccc2oc(=O)[nH]c2c1)c1cc(F)cc(F)c1. The second-order valence-corrected chi connectivity index (χ2v) is 4.34. The summed E-state index contributed by atoms with van der Waals surface area (Å²) < 4.78 is 31.0. The van der Waals surface area contributed by atoms with Crippen LogP contribution in [0, 0.1) is 11.6 Å². The van der Waals surface area contributed by atoms with Crippen LogP contribution in [0.4, 0.5) is 14.5 Å². The molecule has 0 bridgehead atoms. The van der Waals surface area contributed by atoms with Gasteiger partial charge in [0, 0.05) is 17.3 Å². The maximum Gasteiger partial charge on any atom is 0.417 e. The van der Waals surface area contributed by atoms with Gasteiger partial charge in [0.25, 0.3) is 5.91 Å². The number of hydrogen-bond donors (Lipinski definition) is 2. The molecule has 1 heterocycles. The minimum absolute atomic E-state index is 0.145. The molecule has 0 aliphatic heterocycles. The van der Waals surface area contributed by atoms with Crippen molar-refractivity contribution in [2.75, 3.05) is 5.32 Å². The van der Waals surface area contributed by atoms with Crippen LogP contribution in [0.25, 0.3) is 11.1 Å². The van der Waals surface area contributed by atoms with Crippen LogP contribution >= 0.6 is 0 Å². The van der Waals surface area contributed by atoms with Gasteiger partial charge in [-0.3, -0.25) is 9.78 Å². The van der Waals surface area contributed by atoms with E-state index in [1.54, 1.807) is 0 Å². The summed E-state index contributed by atoms with van der Waals surface area (Å²) in [5.74, 6) is -2.95. The molecular weight excluding hydrogens is 282 g/mol. The number of hydrogen-bond acceptors (Lipinski definition) is 3. The van der Waals surface area contributed by atoms with Crippen molar-refractivity contribution < 1.29 is 18.0 Å². The Hall–Kier alpha value is -2.96. The number of fused-ring (bicyclic) bond motifs is 1. The summed E-state index contributed by atoms with van der Waals surface area (Å²) in [7, 11) is 0. The molecular formula is C14H8F2N2O3. The molecule has 21 heavy (non-hydrogen) atoms. The van der Waals surface area contributed by atoms with E-state index >= 15 is 0 Å². The lowest BCUT2D eigenvalue weighted by Crippen LogP contribution is -2.12. The topological polar surface area (TPSA) is 75.1 Å². The number of benzene rings is 2. The van der Waals surface area contributed by atoms with Crippen molar-refractivity contribution in [3.8, 4) is 0 Å². The average Bonchev–Trinajstić information content (AvgIpc) is 2.77. The van der Waals surface area contributed by atoms with Gasteiger partial charge in [-0.1, -0.05) is 0 Å². The molecule has 0 saturated carbocycles. The Morgan fingerprint density at radius 1 is 1.10 bits per heavy atom. The molecule has 0 radical (unpaired) electrons. The van der Waals surface area contributed by atoms with Crippen molar-refractivity contribution in [2.24, 2.45) is 0 Å². The number of anilines is 1. The number of oxazole rings is 1. The summed E-state index contributed by atoms with van der Waals surface area (Å²) in [5.41, 5.74) is 0.959. The molecule has 1 aromatic heterocycles. The van der Waals surface area contributed by atoms with E-state index in [0.717, 1.165) is 12.1 Å². The molecule has 0 saturated heterocycles. The fourth-order valence-corrected chi connectivity index (χ4v) is 1.92. The van der Waals surface area contributed by atoms with E-state index in [9.17, 15) is 18.4 Å². The molecule has 7 heteroatoms. The predicted molar refractivity (Wildman–Crippen MR) is 71.1 cm³/mol. The van der Waals surface area contributed by atoms with Gasteiger partial charge < -0.3 is 9.73 Å². The molecule has 1 amide bonds. The van der Waals surface area contributed by atoms with Crippen LogP contribution in [0.3, 0.4) is 0 Å². The van der Waals surface area contributed by atoms with Crippen LogP contribution in [-0.4, -0.2) is 10.9 Å². The number of halogens is 2. The van der Waals surface area contributed by atoms with Crippen LogP contribution in [0.15, 0.2) is 45.6 Å². The minimum Gasteiger partial charge on any atom is -0.408 e. The summed E-state index contributed by atoms with van der Waals surface area (Å²) in [6, 6.07) is 7.02. The molecule has 0 spiro atoms.